The number of aliphatic hydroxyl groups is 1. The van der Waals surface area contributed by atoms with Crippen LogP contribution in [0.5, 0.6) is 11.5 Å². The monoisotopic (exact) mass is 366 g/mol. The van der Waals surface area contributed by atoms with Crippen molar-refractivity contribution in [2.45, 2.75) is 18.9 Å². The first-order valence-corrected chi connectivity index (χ1v) is 9.82. The van der Waals surface area contributed by atoms with Gasteiger partial charge in [0, 0.05) is 17.4 Å². The molecule has 0 amide bonds. The lowest BCUT2D eigenvalue weighted by atomic mass is 9.54. The number of ether oxygens (including phenoxy) is 2. The predicted octanol–water partition coefficient (Wildman–Crippen LogP) is 2.64. The molecule has 0 spiro atoms. The molecule has 4 aliphatic carbocycles. The summed E-state index contributed by atoms with van der Waals surface area (Å²) in [6, 6.07) is 6.01. The van der Waals surface area contributed by atoms with Gasteiger partial charge < -0.3 is 19.7 Å². The van der Waals surface area contributed by atoms with Crippen LogP contribution in [0.4, 0.5) is 0 Å². The molecule has 1 aromatic rings. The van der Waals surface area contributed by atoms with E-state index in [1.807, 2.05) is 18.2 Å². The second-order valence-electron chi connectivity index (χ2n) is 8.68. The number of aliphatic hydroxyl groups excluding tert-OH is 1. The number of hydrogen-bond acceptors (Lipinski definition) is 4. The number of rotatable bonds is 3. The average molecular weight is 366 g/mol. The topological polar surface area (TPSA) is 76.0 Å². The molecule has 2 N–H and O–H groups in total. The van der Waals surface area contributed by atoms with Crippen molar-refractivity contribution in [2.24, 2.45) is 41.4 Å². The average Bonchev–Trinajstić information content (AvgIpc) is 3.27. The van der Waals surface area contributed by atoms with E-state index >= 15 is 0 Å². The van der Waals surface area contributed by atoms with Gasteiger partial charge in [0.2, 0.25) is 6.79 Å². The molecule has 1 heterocycles. The number of aliphatic carboxylic acids is 1. The molecule has 0 aromatic heterocycles. The molecule has 8 atom stereocenters. The number of allylic oxidation sites excluding steroid dienone is 2. The fourth-order valence-corrected chi connectivity index (χ4v) is 6.60. The zero-order valence-corrected chi connectivity index (χ0v) is 14.8. The van der Waals surface area contributed by atoms with Crippen LogP contribution in [0.25, 0.3) is 0 Å². The highest BCUT2D eigenvalue weighted by molar-refractivity contribution is 5.88. The second-order valence-corrected chi connectivity index (χ2v) is 8.68. The Bertz CT molecular complexity index is 887. The minimum atomic E-state index is -0.805. The van der Waals surface area contributed by atoms with Gasteiger partial charge in [0.05, 0.1) is 6.10 Å². The van der Waals surface area contributed by atoms with E-state index in [9.17, 15) is 15.0 Å². The smallest absolute Gasteiger partial charge is 0.331 e. The fourth-order valence-electron chi connectivity index (χ4n) is 6.60. The number of fused-ring (bicyclic) bond motifs is 1. The summed E-state index contributed by atoms with van der Waals surface area (Å²) in [5.41, 5.74) is 1.69. The van der Waals surface area contributed by atoms with Crippen LogP contribution in [-0.2, 0) is 11.2 Å². The van der Waals surface area contributed by atoms with Crippen LogP contribution in [0.1, 0.15) is 12.0 Å². The van der Waals surface area contributed by atoms with Gasteiger partial charge in [-0.25, -0.2) is 4.79 Å². The standard InChI is InChI=1S/C22H22O5/c23-21-13-3-2-12-15(22(24)25)7-11(14-8-16(21)20(13)19(12)14)5-10-1-4-17-18(6-10)27-9-26-17/h1-4,6-7,11-14,16,19-21,23H,5,8-9H2,(H,24,25). The molecule has 0 bridgehead atoms. The molecule has 5 heteroatoms. The van der Waals surface area contributed by atoms with Crippen molar-refractivity contribution in [1.82, 2.24) is 0 Å². The summed E-state index contributed by atoms with van der Waals surface area (Å²) in [6.45, 7) is 0.257. The lowest BCUT2D eigenvalue weighted by Gasteiger charge is -2.52. The van der Waals surface area contributed by atoms with E-state index in [1.54, 1.807) is 0 Å². The van der Waals surface area contributed by atoms with Crippen molar-refractivity contribution in [3.8, 4) is 11.5 Å². The number of carbonyl (C=O) groups is 1. The van der Waals surface area contributed by atoms with Gasteiger partial charge in [0.1, 0.15) is 0 Å². The molecule has 5 nitrogen and oxygen atoms in total. The van der Waals surface area contributed by atoms with Crippen molar-refractivity contribution >= 4 is 5.97 Å². The normalized spacial score (nSPS) is 42.3. The largest absolute Gasteiger partial charge is 0.478 e. The lowest BCUT2D eigenvalue weighted by molar-refractivity contribution is -0.134. The van der Waals surface area contributed by atoms with Crippen LogP contribution >= 0.6 is 0 Å². The molecule has 5 aliphatic rings. The van der Waals surface area contributed by atoms with Gasteiger partial charge in [-0.15, -0.1) is 0 Å². The van der Waals surface area contributed by atoms with E-state index in [4.69, 9.17) is 9.47 Å². The fraction of sp³-hybridized carbons (Fsp3) is 0.500. The van der Waals surface area contributed by atoms with Crippen LogP contribution in [-0.4, -0.2) is 29.1 Å². The summed E-state index contributed by atoms with van der Waals surface area (Å²) in [5, 5.41) is 20.3. The number of hydrogen-bond donors (Lipinski definition) is 2. The van der Waals surface area contributed by atoms with Crippen LogP contribution in [0.3, 0.4) is 0 Å². The number of benzene rings is 1. The highest BCUT2D eigenvalue weighted by Gasteiger charge is 2.64. The zero-order chi connectivity index (χ0) is 18.3. The van der Waals surface area contributed by atoms with E-state index in [0.717, 1.165) is 29.9 Å². The van der Waals surface area contributed by atoms with Gasteiger partial charge in [0.15, 0.2) is 11.5 Å². The molecule has 27 heavy (non-hydrogen) atoms. The van der Waals surface area contributed by atoms with Gasteiger partial charge in [-0.2, -0.15) is 0 Å². The molecule has 1 aliphatic heterocycles. The van der Waals surface area contributed by atoms with Crippen molar-refractivity contribution in [3.05, 3.63) is 47.6 Å². The van der Waals surface area contributed by atoms with Gasteiger partial charge >= 0.3 is 5.97 Å². The Labute approximate surface area is 157 Å². The number of carboxylic acid groups (broad SMARTS) is 1. The van der Waals surface area contributed by atoms with Crippen molar-refractivity contribution < 1.29 is 24.5 Å². The van der Waals surface area contributed by atoms with Crippen LogP contribution < -0.4 is 9.47 Å². The molecule has 2 saturated carbocycles. The predicted molar refractivity (Wildman–Crippen MR) is 96.2 cm³/mol. The van der Waals surface area contributed by atoms with Gasteiger partial charge in [-0.1, -0.05) is 24.3 Å². The minimum Gasteiger partial charge on any atom is -0.478 e. The summed E-state index contributed by atoms with van der Waals surface area (Å²) in [7, 11) is 0. The summed E-state index contributed by atoms with van der Waals surface area (Å²) in [5.74, 6) is 2.70. The second kappa shape index (κ2) is 5.38. The highest BCUT2D eigenvalue weighted by Crippen LogP contribution is 2.65. The van der Waals surface area contributed by atoms with Crippen molar-refractivity contribution in [2.75, 3.05) is 6.79 Å². The lowest BCUT2D eigenvalue weighted by Crippen LogP contribution is -2.53. The summed E-state index contributed by atoms with van der Waals surface area (Å²) in [4.78, 5) is 12.0. The van der Waals surface area contributed by atoms with Crippen molar-refractivity contribution in [3.63, 3.8) is 0 Å². The van der Waals surface area contributed by atoms with Crippen LogP contribution in [0.2, 0.25) is 0 Å². The van der Waals surface area contributed by atoms with E-state index in [0.29, 0.717) is 29.2 Å². The van der Waals surface area contributed by atoms with Gasteiger partial charge in [-0.3, -0.25) is 0 Å². The Morgan fingerprint density at radius 2 is 1.96 bits per heavy atom. The molecular weight excluding hydrogens is 344 g/mol. The molecule has 8 unspecified atom stereocenters. The molecule has 2 fully saturated rings. The molecule has 0 radical (unpaired) electrons. The maximum Gasteiger partial charge on any atom is 0.331 e. The molecule has 0 saturated heterocycles. The molecule has 140 valence electrons. The van der Waals surface area contributed by atoms with Gasteiger partial charge in [0.25, 0.3) is 0 Å². The third-order valence-electron chi connectivity index (χ3n) is 7.67. The number of carboxylic acids is 1. The van der Waals surface area contributed by atoms with E-state index in [-0.39, 0.29) is 30.7 Å². The first-order chi connectivity index (χ1) is 13.1. The van der Waals surface area contributed by atoms with Gasteiger partial charge in [-0.05, 0) is 60.1 Å². The quantitative estimate of drug-likeness (QED) is 0.805. The Morgan fingerprint density at radius 1 is 1.11 bits per heavy atom. The Kier molecular flexibility index (Phi) is 3.14. The summed E-state index contributed by atoms with van der Waals surface area (Å²) in [6.07, 6.45) is 7.68. The maximum absolute atomic E-state index is 12.0. The Balaban J connectivity index is 1.37. The van der Waals surface area contributed by atoms with E-state index in [1.165, 1.54) is 0 Å². The molecule has 1 aromatic carbocycles. The summed E-state index contributed by atoms with van der Waals surface area (Å²) < 4.78 is 10.9. The zero-order valence-electron chi connectivity index (χ0n) is 14.8. The first-order valence-electron chi connectivity index (χ1n) is 9.82. The molecular formula is C22H22O5. The summed E-state index contributed by atoms with van der Waals surface area (Å²) >= 11 is 0. The SMILES string of the molecule is O=C(O)C1=CC(Cc2ccc3c(c2)OCO3)C2CC3C(O)C4C=CC1C2C43. The Hall–Kier alpha value is -2.27. The third kappa shape index (κ3) is 2.06. The maximum atomic E-state index is 12.0. The highest BCUT2D eigenvalue weighted by atomic mass is 16.7. The third-order valence-corrected chi connectivity index (χ3v) is 7.67. The van der Waals surface area contributed by atoms with Crippen LogP contribution in [0, 0.1) is 41.4 Å². The molecule has 6 rings (SSSR count). The minimum absolute atomic E-state index is 0.000691. The van der Waals surface area contributed by atoms with E-state index in [2.05, 4.69) is 18.2 Å². The van der Waals surface area contributed by atoms with Crippen molar-refractivity contribution in [1.29, 1.82) is 0 Å². The first kappa shape index (κ1) is 15.8. The Morgan fingerprint density at radius 3 is 2.81 bits per heavy atom. The van der Waals surface area contributed by atoms with E-state index < -0.39 is 5.97 Å². The van der Waals surface area contributed by atoms with Crippen LogP contribution in [0.15, 0.2) is 42.0 Å².